The van der Waals surface area contributed by atoms with Crippen LogP contribution in [-0.2, 0) is 13.6 Å². The van der Waals surface area contributed by atoms with Crippen molar-refractivity contribution in [3.8, 4) is 22.8 Å². The highest BCUT2D eigenvalue weighted by molar-refractivity contribution is 5.66. The molecule has 0 aliphatic carbocycles. The highest BCUT2D eigenvalue weighted by Crippen LogP contribution is 2.37. The maximum atomic E-state index is 5.78. The maximum Gasteiger partial charge on any atom is 0.162 e. The molecule has 2 aliphatic rings. The molecule has 2 aromatic heterocycles. The molecule has 4 heterocycles. The van der Waals surface area contributed by atoms with Crippen LogP contribution in [0.25, 0.3) is 11.3 Å². The largest absolute Gasteiger partial charge is 0.486 e. The molecule has 150 valence electrons. The number of hydrogen-bond acceptors (Lipinski definition) is 5. The van der Waals surface area contributed by atoms with Gasteiger partial charge in [0.05, 0.1) is 17.4 Å². The van der Waals surface area contributed by atoms with E-state index in [-0.39, 0.29) is 0 Å². The van der Waals surface area contributed by atoms with Crippen molar-refractivity contribution in [2.75, 3.05) is 19.8 Å². The standard InChI is InChI=1S/C23H26N4O2/c1-26-15-18(16-27-11-5-3-7-20(27)19-6-2-4-10-24-19)23(25-26)17-8-9-21-22(14-17)29-13-12-28-21/h2,4,6,8-10,14-15,20H,3,5,7,11-13,16H2,1H3. The normalized spacial score (nSPS) is 19.3. The SMILES string of the molecule is Cn1cc(CN2CCCCC2c2ccccn2)c(-c2ccc3c(c2)OCCO3)n1. The van der Waals surface area contributed by atoms with Crippen LogP contribution in [0.2, 0.25) is 0 Å². The third kappa shape index (κ3) is 3.72. The molecule has 1 atom stereocenters. The molecule has 0 bridgehead atoms. The Morgan fingerprint density at radius 3 is 2.83 bits per heavy atom. The van der Waals surface area contributed by atoms with Gasteiger partial charge in [0.25, 0.3) is 0 Å². The number of nitrogens with zero attached hydrogens (tertiary/aromatic N) is 4. The summed E-state index contributed by atoms with van der Waals surface area (Å²) >= 11 is 0. The topological polar surface area (TPSA) is 52.4 Å². The van der Waals surface area contributed by atoms with Crippen molar-refractivity contribution in [2.24, 2.45) is 7.05 Å². The van der Waals surface area contributed by atoms with E-state index in [9.17, 15) is 0 Å². The van der Waals surface area contributed by atoms with Crippen LogP contribution in [0, 0.1) is 0 Å². The van der Waals surface area contributed by atoms with E-state index in [0.29, 0.717) is 19.3 Å². The summed E-state index contributed by atoms with van der Waals surface area (Å²) in [6.45, 7) is 3.13. The van der Waals surface area contributed by atoms with E-state index in [1.165, 1.54) is 18.4 Å². The molecule has 0 amide bonds. The molecule has 0 spiro atoms. The van der Waals surface area contributed by atoms with Gasteiger partial charge in [-0.25, -0.2) is 0 Å². The van der Waals surface area contributed by atoms with Gasteiger partial charge in [0.15, 0.2) is 11.5 Å². The van der Waals surface area contributed by atoms with Gasteiger partial charge in [-0.2, -0.15) is 5.10 Å². The third-order valence-electron chi connectivity index (χ3n) is 5.74. The highest BCUT2D eigenvalue weighted by Gasteiger charge is 2.26. The van der Waals surface area contributed by atoms with Gasteiger partial charge in [-0.15, -0.1) is 0 Å². The van der Waals surface area contributed by atoms with Gasteiger partial charge in [0.2, 0.25) is 0 Å². The number of piperidine rings is 1. The molecule has 29 heavy (non-hydrogen) atoms. The molecule has 1 fully saturated rings. The molecule has 0 saturated carbocycles. The number of aryl methyl sites for hydroxylation is 1. The lowest BCUT2D eigenvalue weighted by atomic mass is 9.97. The van der Waals surface area contributed by atoms with E-state index in [1.54, 1.807) is 0 Å². The number of pyridine rings is 1. The summed E-state index contributed by atoms with van der Waals surface area (Å²) in [4.78, 5) is 7.18. The van der Waals surface area contributed by atoms with E-state index in [1.807, 2.05) is 36.1 Å². The highest BCUT2D eigenvalue weighted by atomic mass is 16.6. The zero-order chi connectivity index (χ0) is 19.6. The summed E-state index contributed by atoms with van der Waals surface area (Å²) in [7, 11) is 1.98. The van der Waals surface area contributed by atoms with E-state index >= 15 is 0 Å². The number of aromatic nitrogens is 3. The van der Waals surface area contributed by atoms with Crippen molar-refractivity contribution in [2.45, 2.75) is 31.8 Å². The molecule has 0 N–H and O–H groups in total. The first-order chi connectivity index (χ1) is 14.3. The number of rotatable bonds is 4. The molecule has 1 aromatic carbocycles. The summed E-state index contributed by atoms with van der Waals surface area (Å²) in [6, 6.07) is 12.7. The lowest BCUT2D eigenvalue weighted by molar-refractivity contribution is 0.137. The Kier molecular flexibility index (Phi) is 4.94. The molecular formula is C23H26N4O2. The quantitative estimate of drug-likeness (QED) is 0.674. The minimum absolute atomic E-state index is 0.360. The second-order valence-corrected chi connectivity index (χ2v) is 7.77. The van der Waals surface area contributed by atoms with Gasteiger partial charge in [-0.05, 0) is 49.7 Å². The molecule has 6 nitrogen and oxygen atoms in total. The van der Waals surface area contributed by atoms with Crippen LogP contribution in [0.3, 0.4) is 0 Å². The van der Waals surface area contributed by atoms with E-state index < -0.39 is 0 Å². The fraction of sp³-hybridized carbons (Fsp3) is 0.391. The summed E-state index contributed by atoms with van der Waals surface area (Å²) in [5.74, 6) is 1.61. The molecule has 0 radical (unpaired) electrons. The second-order valence-electron chi connectivity index (χ2n) is 7.77. The Balaban J connectivity index is 1.45. The molecule has 6 heteroatoms. The second kappa shape index (κ2) is 7.87. The molecule has 3 aromatic rings. The summed E-state index contributed by atoms with van der Waals surface area (Å²) in [6.07, 6.45) is 7.66. The predicted octanol–water partition coefficient (Wildman–Crippen LogP) is 3.98. The van der Waals surface area contributed by atoms with Crippen molar-refractivity contribution in [1.29, 1.82) is 0 Å². The van der Waals surface area contributed by atoms with Crippen LogP contribution in [0.1, 0.15) is 36.6 Å². The first-order valence-electron chi connectivity index (χ1n) is 10.4. The van der Waals surface area contributed by atoms with Crippen molar-refractivity contribution < 1.29 is 9.47 Å². The zero-order valence-corrected chi connectivity index (χ0v) is 16.8. The zero-order valence-electron chi connectivity index (χ0n) is 16.8. The van der Waals surface area contributed by atoms with Gasteiger partial charge >= 0.3 is 0 Å². The van der Waals surface area contributed by atoms with Crippen LogP contribution < -0.4 is 9.47 Å². The van der Waals surface area contributed by atoms with Crippen LogP contribution in [0.15, 0.2) is 48.8 Å². The van der Waals surface area contributed by atoms with Crippen molar-refractivity contribution in [3.63, 3.8) is 0 Å². The molecular weight excluding hydrogens is 364 g/mol. The van der Waals surface area contributed by atoms with Gasteiger partial charge in [-0.1, -0.05) is 12.5 Å². The van der Waals surface area contributed by atoms with Gasteiger partial charge in [0, 0.05) is 37.1 Å². The Labute approximate surface area is 171 Å². The summed E-state index contributed by atoms with van der Waals surface area (Å²) in [5, 5.41) is 4.77. The molecule has 5 rings (SSSR count). The lowest BCUT2D eigenvalue weighted by Crippen LogP contribution is -2.33. The van der Waals surface area contributed by atoms with Gasteiger partial charge in [-0.3, -0.25) is 14.6 Å². The van der Waals surface area contributed by atoms with Gasteiger partial charge < -0.3 is 9.47 Å². The Morgan fingerprint density at radius 2 is 1.97 bits per heavy atom. The number of fused-ring (bicyclic) bond motifs is 1. The molecule has 1 unspecified atom stereocenters. The van der Waals surface area contributed by atoms with E-state index in [4.69, 9.17) is 14.6 Å². The first-order valence-corrected chi connectivity index (χ1v) is 10.4. The van der Waals surface area contributed by atoms with Crippen molar-refractivity contribution >= 4 is 0 Å². The third-order valence-corrected chi connectivity index (χ3v) is 5.74. The van der Waals surface area contributed by atoms with Crippen molar-refractivity contribution in [1.82, 2.24) is 19.7 Å². The lowest BCUT2D eigenvalue weighted by Gasteiger charge is -2.35. The van der Waals surface area contributed by atoms with Gasteiger partial charge in [0.1, 0.15) is 13.2 Å². The van der Waals surface area contributed by atoms with Crippen LogP contribution in [-0.4, -0.2) is 39.4 Å². The average molecular weight is 390 g/mol. The average Bonchev–Trinajstić information content (AvgIpc) is 3.14. The maximum absolute atomic E-state index is 5.78. The Morgan fingerprint density at radius 1 is 1.07 bits per heavy atom. The fourth-order valence-corrected chi connectivity index (χ4v) is 4.39. The van der Waals surface area contributed by atoms with Crippen LogP contribution in [0.5, 0.6) is 11.5 Å². The first kappa shape index (κ1) is 18.2. The smallest absolute Gasteiger partial charge is 0.162 e. The van der Waals surface area contributed by atoms with Crippen molar-refractivity contribution in [3.05, 3.63) is 60.0 Å². The fourth-order valence-electron chi connectivity index (χ4n) is 4.39. The van der Waals surface area contributed by atoms with Crippen LogP contribution >= 0.6 is 0 Å². The molecule has 2 aliphatic heterocycles. The molecule has 1 saturated heterocycles. The minimum Gasteiger partial charge on any atom is -0.486 e. The number of ether oxygens (including phenoxy) is 2. The minimum atomic E-state index is 0.360. The number of hydrogen-bond donors (Lipinski definition) is 0. The summed E-state index contributed by atoms with van der Waals surface area (Å²) in [5.41, 5.74) is 4.47. The van der Waals surface area contributed by atoms with E-state index in [0.717, 1.165) is 48.0 Å². The van der Waals surface area contributed by atoms with Crippen LogP contribution in [0.4, 0.5) is 0 Å². The number of likely N-dealkylation sites (tertiary alicyclic amines) is 1. The number of benzene rings is 1. The monoisotopic (exact) mass is 390 g/mol. The Hall–Kier alpha value is -2.86. The summed E-state index contributed by atoms with van der Waals surface area (Å²) < 4.78 is 13.4. The predicted molar refractivity (Wildman–Crippen MR) is 111 cm³/mol. The Bertz CT molecular complexity index is 986. The van der Waals surface area contributed by atoms with E-state index in [2.05, 4.69) is 34.3 Å².